The zero-order chi connectivity index (χ0) is 9.26. The Bertz CT molecular complexity index is 427. The first-order chi connectivity index (χ1) is 6.25. The third-order valence-electron chi connectivity index (χ3n) is 1.59. The summed E-state index contributed by atoms with van der Waals surface area (Å²) in [6.07, 6.45) is 1.73. The zero-order valence-corrected chi connectivity index (χ0v) is 8.90. The minimum Gasteiger partial charge on any atom is -0.237 e. The first kappa shape index (κ1) is 8.84. The number of thiazole rings is 1. The molecular weight excluding hydrogens is 253 g/mol. The predicted molar refractivity (Wildman–Crippen MR) is 55.2 cm³/mol. The molecule has 0 amide bonds. The minimum absolute atomic E-state index is 0.220. The normalized spacial score (nSPS) is 10.3. The second-order valence-electron chi connectivity index (χ2n) is 2.49. The quantitative estimate of drug-likeness (QED) is 0.759. The Hall–Kier alpha value is -0.740. The van der Waals surface area contributed by atoms with Gasteiger partial charge in [0.15, 0.2) is 3.92 Å². The molecule has 0 fully saturated rings. The number of nitrogens with zero attached hydrogens (tertiary/aromatic N) is 1. The van der Waals surface area contributed by atoms with E-state index in [1.165, 1.54) is 23.5 Å². The molecule has 1 nitrogen and oxygen atoms in total. The summed E-state index contributed by atoms with van der Waals surface area (Å²) in [4.78, 5) is 5.00. The molecule has 66 valence electrons. The fraction of sp³-hybridized carbons (Fsp3) is 0. The Labute approximate surface area is 87.4 Å². The SMILES string of the molecule is Fc1cccc(-c2cnc(Br)s2)c1. The first-order valence-electron chi connectivity index (χ1n) is 3.63. The summed E-state index contributed by atoms with van der Waals surface area (Å²) < 4.78 is 13.6. The molecule has 0 spiro atoms. The molecule has 4 heteroatoms. The van der Waals surface area contributed by atoms with E-state index in [2.05, 4.69) is 20.9 Å². The molecule has 13 heavy (non-hydrogen) atoms. The smallest absolute Gasteiger partial charge is 0.159 e. The maximum absolute atomic E-state index is 12.8. The van der Waals surface area contributed by atoms with E-state index in [4.69, 9.17) is 0 Å². The lowest BCUT2D eigenvalue weighted by atomic mass is 10.2. The van der Waals surface area contributed by atoms with Crippen molar-refractivity contribution in [3.05, 3.63) is 40.2 Å². The predicted octanol–water partition coefficient (Wildman–Crippen LogP) is 3.71. The molecule has 0 N–H and O–H groups in total. The van der Waals surface area contributed by atoms with Crippen LogP contribution < -0.4 is 0 Å². The molecule has 1 aromatic heterocycles. The third-order valence-corrected chi connectivity index (χ3v) is 3.11. The molecular formula is C9H5BrFNS. The second kappa shape index (κ2) is 3.55. The monoisotopic (exact) mass is 257 g/mol. The topological polar surface area (TPSA) is 12.9 Å². The van der Waals surface area contributed by atoms with Crippen molar-refractivity contribution in [3.63, 3.8) is 0 Å². The second-order valence-corrected chi connectivity index (χ2v) is 4.79. The Morgan fingerprint density at radius 2 is 2.23 bits per heavy atom. The van der Waals surface area contributed by atoms with Gasteiger partial charge >= 0.3 is 0 Å². The van der Waals surface area contributed by atoms with Crippen molar-refractivity contribution >= 4 is 27.3 Å². The molecule has 0 unspecified atom stereocenters. The van der Waals surface area contributed by atoms with Crippen LogP contribution in [0.25, 0.3) is 10.4 Å². The third kappa shape index (κ3) is 1.95. The molecule has 0 atom stereocenters. The van der Waals surface area contributed by atoms with E-state index in [-0.39, 0.29) is 5.82 Å². The Balaban J connectivity index is 2.46. The van der Waals surface area contributed by atoms with Crippen LogP contribution in [0.2, 0.25) is 0 Å². The number of hydrogen-bond donors (Lipinski definition) is 0. The highest BCUT2D eigenvalue weighted by molar-refractivity contribution is 9.11. The summed E-state index contributed by atoms with van der Waals surface area (Å²) in [7, 11) is 0. The molecule has 2 aromatic rings. The van der Waals surface area contributed by atoms with Crippen molar-refractivity contribution in [1.29, 1.82) is 0 Å². The summed E-state index contributed by atoms with van der Waals surface area (Å²) >= 11 is 4.75. The van der Waals surface area contributed by atoms with Crippen LogP contribution >= 0.6 is 27.3 Å². The van der Waals surface area contributed by atoms with E-state index in [9.17, 15) is 4.39 Å². The van der Waals surface area contributed by atoms with Crippen LogP contribution in [0.15, 0.2) is 34.4 Å². The number of aromatic nitrogens is 1. The van der Waals surface area contributed by atoms with Crippen molar-refractivity contribution < 1.29 is 4.39 Å². The first-order valence-corrected chi connectivity index (χ1v) is 5.24. The van der Waals surface area contributed by atoms with Crippen molar-refractivity contribution in [2.45, 2.75) is 0 Å². The van der Waals surface area contributed by atoms with Crippen LogP contribution in [-0.2, 0) is 0 Å². The van der Waals surface area contributed by atoms with E-state index in [1.807, 2.05) is 6.07 Å². The Morgan fingerprint density at radius 3 is 2.85 bits per heavy atom. The zero-order valence-electron chi connectivity index (χ0n) is 6.50. The van der Waals surface area contributed by atoms with Crippen LogP contribution in [-0.4, -0.2) is 4.98 Å². The van der Waals surface area contributed by atoms with Crippen molar-refractivity contribution in [1.82, 2.24) is 4.98 Å². The lowest BCUT2D eigenvalue weighted by Crippen LogP contribution is -1.74. The summed E-state index contributed by atoms with van der Waals surface area (Å²) in [6.45, 7) is 0. The van der Waals surface area contributed by atoms with Gasteiger partial charge in [0.05, 0.1) is 4.88 Å². The molecule has 2 rings (SSSR count). The van der Waals surface area contributed by atoms with Gasteiger partial charge < -0.3 is 0 Å². The number of rotatable bonds is 1. The lowest BCUT2D eigenvalue weighted by Gasteiger charge is -1.94. The van der Waals surface area contributed by atoms with Crippen LogP contribution in [0.4, 0.5) is 4.39 Å². The van der Waals surface area contributed by atoms with Crippen molar-refractivity contribution in [3.8, 4) is 10.4 Å². The molecule has 0 saturated carbocycles. The van der Waals surface area contributed by atoms with Crippen LogP contribution in [0.5, 0.6) is 0 Å². The van der Waals surface area contributed by atoms with Crippen LogP contribution in [0, 0.1) is 5.82 Å². The molecule has 0 aliphatic rings. The number of hydrogen-bond acceptors (Lipinski definition) is 2. The van der Waals surface area contributed by atoms with Gasteiger partial charge in [-0.1, -0.05) is 12.1 Å². The van der Waals surface area contributed by atoms with E-state index >= 15 is 0 Å². The fourth-order valence-corrected chi connectivity index (χ4v) is 2.29. The average Bonchev–Trinajstić information content (AvgIpc) is 2.52. The summed E-state index contributed by atoms with van der Waals surface area (Å²) in [5.41, 5.74) is 0.864. The Morgan fingerprint density at radius 1 is 1.38 bits per heavy atom. The maximum Gasteiger partial charge on any atom is 0.159 e. The lowest BCUT2D eigenvalue weighted by molar-refractivity contribution is 0.628. The highest BCUT2D eigenvalue weighted by Crippen LogP contribution is 2.28. The summed E-state index contributed by atoms with van der Waals surface area (Å²) in [6, 6.07) is 6.49. The maximum atomic E-state index is 12.8. The van der Waals surface area contributed by atoms with Gasteiger partial charge in [0.1, 0.15) is 5.82 Å². The van der Waals surface area contributed by atoms with Gasteiger partial charge in [0.25, 0.3) is 0 Å². The van der Waals surface area contributed by atoms with Gasteiger partial charge in [-0.3, -0.25) is 0 Å². The molecule has 0 bridgehead atoms. The van der Waals surface area contributed by atoms with Gasteiger partial charge in [-0.15, -0.1) is 11.3 Å². The van der Waals surface area contributed by atoms with Crippen LogP contribution in [0.3, 0.4) is 0 Å². The standard InChI is InChI=1S/C9H5BrFNS/c10-9-12-5-8(13-9)6-2-1-3-7(11)4-6/h1-5H. The van der Waals surface area contributed by atoms with Crippen molar-refractivity contribution in [2.24, 2.45) is 0 Å². The average molecular weight is 258 g/mol. The molecule has 0 aliphatic heterocycles. The largest absolute Gasteiger partial charge is 0.237 e. The molecule has 0 saturated heterocycles. The minimum atomic E-state index is -0.220. The summed E-state index contributed by atoms with van der Waals surface area (Å²) in [5, 5.41) is 0. The van der Waals surface area contributed by atoms with E-state index < -0.39 is 0 Å². The molecule has 0 radical (unpaired) electrons. The number of halogens is 2. The van der Waals surface area contributed by atoms with E-state index in [0.717, 1.165) is 14.4 Å². The highest BCUT2D eigenvalue weighted by atomic mass is 79.9. The molecule has 0 aliphatic carbocycles. The van der Waals surface area contributed by atoms with Gasteiger partial charge in [-0.2, -0.15) is 0 Å². The summed E-state index contributed by atoms with van der Waals surface area (Å²) in [5.74, 6) is -0.220. The van der Waals surface area contributed by atoms with E-state index in [1.54, 1.807) is 12.3 Å². The Kier molecular flexibility index (Phi) is 2.42. The fourth-order valence-electron chi connectivity index (χ4n) is 1.03. The molecule has 1 heterocycles. The van der Waals surface area contributed by atoms with E-state index in [0.29, 0.717) is 0 Å². The van der Waals surface area contributed by atoms with Crippen molar-refractivity contribution in [2.75, 3.05) is 0 Å². The molecule has 1 aromatic carbocycles. The van der Waals surface area contributed by atoms with Crippen LogP contribution in [0.1, 0.15) is 0 Å². The van der Waals surface area contributed by atoms with Gasteiger partial charge in [-0.05, 0) is 33.6 Å². The van der Waals surface area contributed by atoms with Gasteiger partial charge in [0.2, 0.25) is 0 Å². The van der Waals surface area contributed by atoms with Gasteiger partial charge in [0, 0.05) is 6.20 Å². The highest BCUT2D eigenvalue weighted by Gasteiger charge is 2.02. The number of benzene rings is 1. The van der Waals surface area contributed by atoms with Gasteiger partial charge in [-0.25, -0.2) is 9.37 Å².